The van der Waals surface area contributed by atoms with Crippen LogP contribution in [0.5, 0.6) is 5.75 Å². The summed E-state index contributed by atoms with van der Waals surface area (Å²) in [5.74, 6) is 0.925. The molecule has 0 aliphatic heterocycles. The number of hydrogen-bond donors (Lipinski definition) is 1. The van der Waals surface area contributed by atoms with E-state index in [1.165, 1.54) is 12.1 Å². The van der Waals surface area contributed by atoms with Gasteiger partial charge in [-0.3, -0.25) is 4.79 Å². The number of ether oxygens (including phenoxy) is 1. The molecule has 1 amide bonds. The molecule has 1 N–H and O–H groups in total. The van der Waals surface area contributed by atoms with Crippen molar-refractivity contribution in [2.75, 3.05) is 6.54 Å². The minimum Gasteiger partial charge on any atom is -0.435 e. The zero-order valence-corrected chi connectivity index (χ0v) is 15.0. The summed E-state index contributed by atoms with van der Waals surface area (Å²) in [6, 6.07) is 8.23. The van der Waals surface area contributed by atoms with E-state index in [1.54, 1.807) is 23.5 Å². The lowest BCUT2D eigenvalue weighted by molar-refractivity contribution is -0.121. The number of hydrogen-bond acceptors (Lipinski definition) is 6. The Bertz CT molecular complexity index is 851. The summed E-state index contributed by atoms with van der Waals surface area (Å²) in [5.41, 5.74) is 1.80. The summed E-state index contributed by atoms with van der Waals surface area (Å²) in [6.07, 6.45) is 1.19. The lowest BCUT2D eigenvalue weighted by atomic mass is 10.1. The average Bonchev–Trinajstić information content (AvgIpc) is 3.32. The standard InChI is InChI=1S/C18H17F2N3O3S/c19-18(20)25-14-3-1-12(2-4-14)7-9-21-15(24)5-6-16-22-17(23-26-16)13-8-10-27-11-13/h1-4,8,10-11,18H,5-7,9H2,(H,21,24). The number of aromatic nitrogens is 2. The van der Waals surface area contributed by atoms with Crippen LogP contribution >= 0.6 is 11.3 Å². The maximum absolute atomic E-state index is 12.1. The van der Waals surface area contributed by atoms with E-state index in [2.05, 4.69) is 20.2 Å². The molecular formula is C18H17F2N3O3S. The van der Waals surface area contributed by atoms with Crippen molar-refractivity contribution in [3.05, 3.63) is 52.5 Å². The van der Waals surface area contributed by atoms with Crippen molar-refractivity contribution in [1.29, 1.82) is 0 Å². The molecule has 0 saturated carbocycles. The number of halogens is 2. The number of nitrogens with one attached hydrogen (secondary N) is 1. The van der Waals surface area contributed by atoms with Gasteiger partial charge in [-0.25, -0.2) is 0 Å². The molecule has 3 aromatic rings. The molecule has 0 spiro atoms. The molecule has 0 fully saturated rings. The third kappa shape index (κ3) is 5.85. The zero-order chi connectivity index (χ0) is 19.1. The third-order valence-electron chi connectivity index (χ3n) is 3.70. The van der Waals surface area contributed by atoms with E-state index in [1.807, 2.05) is 16.8 Å². The normalized spacial score (nSPS) is 10.9. The van der Waals surface area contributed by atoms with Gasteiger partial charge in [0.15, 0.2) is 0 Å². The van der Waals surface area contributed by atoms with Crippen molar-refractivity contribution < 1.29 is 22.8 Å². The maximum atomic E-state index is 12.1. The van der Waals surface area contributed by atoms with E-state index in [4.69, 9.17) is 4.52 Å². The molecule has 6 nitrogen and oxygen atoms in total. The summed E-state index contributed by atoms with van der Waals surface area (Å²) in [7, 11) is 0. The van der Waals surface area contributed by atoms with Gasteiger partial charge >= 0.3 is 6.61 Å². The summed E-state index contributed by atoms with van der Waals surface area (Å²) < 4.78 is 33.6. The van der Waals surface area contributed by atoms with E-state index in [0.717, 1.165) is 11.1 Å². The lowest BCUT2D eigenvalue weighted by Gasteiger charge is -2.07. The first-order valence-electron chi connectivity index (χ1n) is 8.26. The molecule has 27 heavy (non-hydrogen) atoms. The predicted molar refractivity (Wildman–Crippen MR) is 95.7 cm³/mol. The van der Waals surface area contributed by atoms with Gasteiger partial charge in [-0.2, -0.15) is 25.1 Å². The van der Waals surface area contributed by atoms with Gasteiger partial charge in [0.25, 0.3) is 0 Å². The second-order valence-electron chi connectivity index (χ2n) is 5.65. The van der Waals surface area contributed by atoms with Gasteiger partial charge < -0.3 is 14.6 Å². The first kappa shape index (κ1) is 19.0. The largest absolute Gasteiger partial charge is 0.435 e. The minimum atomic E-state index is -2.84. The highest BCUT2D eigenvalue weighted by Gasteiger charge is 2.11. The number of carbonyl (C=O) groups is 1. The molecule has 142 valence electrons. The van der Waals surface area contributed by atoms with Crippen molar-refractivity contribution in [1.82, 2.24) is 15.5 Å². The minimum absolute atomic E-state index is 0.110. The molecule has 3 rings (SSSR count). The SMILES string of the molecule is O=C(CCc1nc(-c2ccsc2)no1)NCCc1ccc(OC(F)F)cc1. The van der Waals surface area contributed by atoms with E-state index in [-0.39, 0.29) is 18.1 Å². The number of nitrogens with zero attached hydrogens (tertiary/aromatic N) is 2. The van der Waals surface area contributed by atoms with Gasteiger partial charge in [0.1, 0.15) is 5.75 Å². The van der Waals surface area contributed by atoms with Gasteiger partial charge in [0.05, 0.1) is 0 Å². The van der Waals surface area contributed by atoms with E-state index >= 15 is 0 Å². The van der Waals surface area contributed by atoms with Gasteiger partial charge in [0, 0.05) is 30.3 Å². The summed E-state index contributed by atoms with van der Waals surface area (Å²) in [6.45, 7) is -2.40. The summed E-state index contributed by atoms with van der Waals surface area (Å²) >= 11 is 1.55. The molecule has 0 atom stereocenters. The smallest absolute Gasteiger partial charge is 0.387 e. The van der Waals surface area contributed by atoms with E-state index in [0.29, 0.717) is 31.1 Å². The first-order valence-corrected chi connectivity index (χ1v) is 9.20. The molecule has 0 aliphatic carbocycles. The van der Waals surface area contributed by atoms with Crippen LogP contribution in [-0.2, 0) is 17.6 Å². The van der Waals surface area contributed by atoms with Gasteiger partial charge in [-0.05, 0) is 35.6 Å². The van der Waals surface area contributed by atoms with Crippen LogP contribution < -0.4 is 10.1 Å². The fourth-order valence-electron chi connectivity index (χ4n) is 2.36. The van der Waals surface area contributed by atoms with Crippen LogP contribution in [0.1, 0.15) is 17.9 Å². The Morgan fingerprint density at radius 1 is 1.22 bits per heavy atom. The second-order valence-corrected chi connectivity index (χ2v) is 6.43. The summed E-state index contributed by atoms with van der Waals surface area (Å²) in [5, 5.41) is 10.6. The molecule has 0 radical (unpaired) electrons. The Morgan fingerprint density at radius 2 is 2.04 bits per heavy atom. The molecule has 2 heterocycles. The molecule has 9 heteroatoms. The van der Waals surface area contributed by atoms with Crippen LogP contribution in [0.3, 0.4) is 0 Å². The monoisotopic (exact) mass is 393 g/mol. The number of rotatable bonds is 9. The Hall–Kier alpha value is -2.81. The number of benzene rings is 1. The number of aryl methyl sites for hydroxylation is 1. The number of carbonyl (C=O) groups excluding carboxylic acids is 1. The highest BCUT2D eigenvalue weighted by atomic mass is 32.1. The molecule has 0 bridgehead atoms. The third-order valence-corrected chi connectivity index (χ3v) is 4.38. The van der Waals surface area contributed by atoms with Crippen LogP contribution in [0.25, 0.3) is 11.4 Å². The van der Waals surface area contributed by atoms with E-state index < -0.39 is 6.61 Å². The van der Waals surface area contributed by atoms with Gasteiger partial charge in [-0.1, -0.05) is 17.3 Å². The second kappa shape index (κ2) is 9.22. The van der Waals surface area contributed by atoms with Gasteiger partial charge in [-0.15, -0.1) is 0 Å². The summed E-state index contributed by atoms with van der Waals surface area (Å²) in [4.78, 5) is 16.2. The van der Waals surface area contributed by atoms with Crippen LogP contribution in [0.4, 0.5) is 8.78 Å². The van der Waals surface area contributed by atoms with Crippen LogP contribution in [-0.4, -0.2) is 29.2 Å². The average molecular weight is 393 g/mol. The Morgan fingerprint density at radius 3 is 2.74 bits per heavy atom. The topological polar surface area (TPSA) is 77.2 Å². The fourth-order valence-corrected chi connectivity index (χ4v) is 2.99. The Balaban J connectivity index is 1.37. The fraction of sp³-hybridized carbons (Fsp3) is 0.278. The van der Waals surface area contributed by atoms with Crippen molar-refractivity contribution in [2.45, 2.75) is 25.9 Å². The van der Waals surface area contributed by atoms with Crippen molar-refractivity contribution in [3.63, 3.8) is 0 Å². The lowest BCUT2D eigenvalue weighted by Crippen LogP contribution is -2.25. The van der Waals surface area contributed by atoms with Crippen LogP contribution in [0, 0.1) is 0 Å². The van der Waals surface area contributed by atoms with Crippen LogP contribution in [0.15, 0.2) is 45.6 Å². The highest BCUT2D eigenvalue weighted by molar-refractivity contribution is 7.08. The van der Waals surface area contributed by atoms with Crippen molar-refractivity contribution in [2.24, 2.45) is 0 Å². The Kier molecular flexibility index (Phi) is 6.48. The van der Waals surface area contributed by atoms with Crippen molar-refractivity contribution >= 4 is 17.2 Å². The van der Waals surface area contributed by atoms with Crippen LogP contribution in [0.2, 0.25) is 0 Å². The number of alkyl halides is 2. The molecule has 2 aromatic heterocycles. The molecule has 0 aliphatic rings. The highest BCUT2D eigenvalue weighted by Crippen LogP contribution is 2.19. The van der Waals surface area contributed by atoms with Gasteiger partial charge in [0.2, 0.25) is 17.6 Å². The predicted octanol–water partition coefficient (Wildman–Crippen LogP) is 3.69. The molecular weight excluding hydrogens is 376 g/mol. The molecule has 1 aromatic carbocycles. The number of amides is 1. The molecule has 0 saturated heterocycles. The first-order chi connectivity index (χ1) is 13.1. The number of thiophene rings is 1. The maximum Gasteiger partial charge on any atom is 0.387 e. The quantitative estimate of drug-likeness (QED) is 0.600. The molecule has 0 unspecified atom stereocenters. The zero-order valence-electron chi connectivity index (χ0n) is 14.2. The Labute approximate surface area is 158 Å². The van der Waals surface area contributed by atoms with E-state index in [9.17, 15) is 13.6 Å². The van der Waals surface area contributed by atoms with Crippen molar-refractivity contribution in [3.8, 4) is 17.1 Å².